The number of ether oxygens (including phenoxy) is 2. The van der Waals surface area contributed by atoms with Gasteiger partial charge in [-0.2, -0.15) is 0 Å². The molecule has 0 N–H and O–H groups in total. The standard InChI is InChI=1S/C18H20ClNO5/c1-24-18(23)14-7-9-20(10-8-14)16(21)12-25-17(22)6-5-13-3-2-4-15(19)11-13/h2-6,11,14H,7-10,12H2,1H3/b6-5+. The molecule has 1 heterocycles. The van der Waals surface area contributed by atoms with Crippen LogP contribution in [0.15, 0.2) is 30.3 Å². The van der Waals surface area contributed by atoms with Crippen LogP contribution in [0.25, 0.3) is 6.08 Å². The van der Waals surface area contributed by atoms with Crippen LogP contribution in [-0.4, -0.2) is 49.6 Å². The zero-order valence-electron chi connectivity index (χ0n) is 13.9. The second-order valence-electron chi connectivity index (χ2n) is 5.67. The highest BCUT2D eigenvalue weighted by Crippen LogP contribution is 2.18. The number of rotatable bonds is 5. The van der Waals surface area contributed by atoms with Gasteiger partial charge in [0.05, 0.1) is 13.0 Å². The number of piperidine rings is 1. The van der Waals surface area contributed by atoms with E-state index in [4.69, 9.17) is 21.1 Å². The summed E-state index contributed by atoms with van der Waals surface area (Å²) in [6.45, 7) is 0.588. The Morgan fingerprint density at radius 1 is 1.28 bits per heavy atom. The average Bonchev–Trinajstić information content (AvgIpc) is 2.64. The number of likely N-dealkylation sites (tertiary alicyclic amines) is 1. The first-order chi connectivity index (χ1) is 12.0. The number of hydrogen-bond acceptors (Lipinski definition) is 5. The molecule has 7 heteroatoms. The van der Waals surface area contributed by atoms with Gasteiger partial charge in [-0.15, -0.1) is 0 Å². The molecule has 1 aliphatic heterocycles. The molecule has 1 aromatic rings. The molecule has 0 bridgehead atoms. The summed E-state index contributed by atoms with van der Waals surface area (Å²) in [7, 11) is 1.36. The predicted octanol–water partition coefficient (Wildman–Crippen LogP) is 2.31. The van der Waals surface area contributed by atoms with Crippen LogP contribution in [0.1, 0.15) is 18.4 Å². The van der Waals surface area contributed by atoms with E-state index in [2.05, 4.69) is 0 Å². The molecule has 0 aliphatic carbocycles. The molecule has 0 spiro atoms. The molecule has 0 radical (unpaired) electrons. The quantitative estimate of drug-likeness (QED) is 0.591. The second-order valence-corrected chi connectivity index (χ2v) is 6.11. The van der Waals surface area contributed by atoms with Gasteiger partial charge in [-0.25, -0.2) is 4.79 Å². The molecule has 0 atom stereocenters. The number of nitrogens with zero attached hydrogens (tertiary/aromatic N) is 1. The third-order valence-corrected chi connectivity index (χ3v) is 4.22. The first kappa shape index (κ1) is 19.0. The molecular formula is C18H20ClNO5. The van der Waals surface area contributed by atoms with Crippen LogP contribution in [0.4, 0.5) is 0 Å². The first-order valence-electron chi connectivity index (χ1n) is 7.95. The van der Waals surface area contributed by atoms with E-state index in [1.807, 2.05) is 0 Å². The summed E-state index contributed by atoms with van der Waals surface area (Å²) >= 11 is 5.86. The van der Waals surface area contributed by atoms with E-state index in [0.717, 1.165) is 5.56 Å². The molecule has 1 saturated heterocycles. The predicted molar refractivity (Wildman–Crippen MR) is 92.8 cm³/mol. The Labute approximate surface area is 151 Å². The molecule has 0 unspecified atom stereocenters. The molecule has 1 aromatic carbocycles. The van der Waals surface area contributed by atoms with E-state index in [1.54, 1.807) is 35.2 Å². The zero-order valence-corrected chi connectivity index (χ0v) is 14.7. The van der Waals surface area contributed by atoms with Crippen molar-refractivity contribution in [2.24, 2.45) is 5.92 Å². The lowest BCUT2D eigenvalue weighted by molar-refractivity contribution is -0.151. The van der Waals surface area contributed by atoms with Crippen molar-refractivity contribution in [1.82, 2.24) is 4.90 Å². The second kappa shape index (κ2) is 9.22. The fourth-order valence-electron chi connectivity index (χ4n) is 2.58. The molecule has 6 nitrogen and oxygen atoms in total. The van der Waals surface area contributed by atoms with E-state index >= 15 is 0 Å². The third-order valence-electron chi connectivity index (χ3n) is 3.98. The Hall–Kier alpha value is -2.34. The van der Waals surface area contributed by atoms with Crippen LogP contribution in [0.2, 0.25) is 5.02 Å². The number of amides is 1. The van der Waals surface area contributed by atoms with Gasteiger partial charge in [0.25, 0.3) is 5.91 Å². The molecular weight excluding hydrogens is 346 g/mol. The number of carbonyl (C=O) groups excluding carboxylic acids is 3. The molecule has 134 valence electrons. The lowest BCUT2D eigenvalue weighted by atomic mass is 9.97. The third kappa shape index (κ3) is 5.90. The van der Waals surface area contributed by atoms with Crippen molar-refractivity contribution in [3.63, 3.8) is 0 Å². The van der Waals surface area contributed by atoms with Gasteiger partial charge in [-0.1, -0.05) is 23.7 Å². The molecule has 1 aliphatic rings. The number of esters is 2. The van der Waals surface area contributed by atoms with Crippen LogP contribution >= 0.6 is 11.6 Å². The first-order valence-corrected chi connectivity index (χ1v) is 8.33. The lowest BCUT2D eigenvalue weighted by Crippen LogP contribution is -2.42. The minimum atomic E-state index is -0.599. The van der Waals surface area contributed by atoms with Crippen molar-refractivity contribution in [3.8, 4) is 0 Å². The van der Waals surface area contributed by atoms with Crippen LogP contribution in [-0.2, 0) is 23.9 Å². The molecule has 0 aromatic heterocycles. The number of carbonyl (C=O) groups is 3. The van der Waals surface area contributed by atoms with Crippen molar-refractivity contribution in [2.75, 3.05) is 26.8 Å². The zero-order chi connectivity index (χ0) is 18.2. The maximum absolute atomic E-state index is 12.1. The van der Waals surface area contributed by atoms with Crippen LogP contribution in [0, 0.1) is 5.92 Å². The van der Waals surface area contributed by atoms with Crippen molar-refractivity contribution in [1.29, 1.82) is 0 Å². The maximum atomic E-state index is 12.1. The van der Waals surface area contributed by atoms with Crippen LogP contribution in [0.3, 0.4) is 0 Å². The fourth-order valence-corrected chi connectivity index (χ4v) is 2.78. The highest BCUT2D eigenvalue weighted by molar-refractivity contribution is 6.30. The Bertz CT molecular complexity index is 665. The Balaban J connectivity index is 1.74. The minimum absolute atomic E-state index is 0.169. The molecule has 0 saturated carbocycles. The Kier molecular flexibility index (Phi) is 7.01. The maximum Gasteiger partial charge on any atom is 0.331 e. The van der Waals surface area contributed by atoms with Crippen molar-refractivity contribution in [2.45, 2.75) is 12.8 Å². The number of benzene rings is 1. The summed E-state index contributed by atoms with van der Waals surface area (Å²) in [4.78, 5) is 36.8. The van der Waals surface area contributed by atoms with Crippen molar-refractivity contribution < 1.29 is 23.9 Å². The van der Waals surface area contributed by atoms with E-state index in [9.17, 15) is 14.4 Å². The van der Waals surface area contributed by atoms with Gasteiger partial charge < -0.3 is 14.4 Å². The van der Waals surface area contributed by atoms with Gasteiger partial charge >= 0.3 is 11.9 Å². The SMILES string of the molecule is COC(=O)C1CCN(C(=O)COC(=O)/C=C/c2cccc(Cl)c2)CC1. The number of methoxy groups -OCH3 is 1. The molecule has 25 heavy (non-hydrogen) atoms. The lowest BCUT2D eigenvalue weighted by Gasteiger charge is -2.30. The highest BCUT2D eigenvalue weighted by Gasteiger charge is 2.28. The van der Waals surface area contributed by atoms with Gasteiger partial charge in [-0.3, -0.25) is 9.59 Å². The summed E-state index contributed by atoms with van der Waals surface area (Å²) in [5.41, 5.74) is 0.764. The Morgan fingerprint density at radius 3 is 2.64 bits per heavy atom. The minimum Gasteiger partial charge on any atom is -0.469 e. The summed E-state index contributed by atoms with van der Waals surface area (Å²) < 4.78 is 9.67. The van der Waals surface area contributed by atoms with Gasteiger partial charge in [-0.05, 0) is 36.6 Å². The van der Waals surface area contributed by atoms with E-state index in [0.29, 0.717) is 31.0 Å². The molecule has 2 rings (SSSR count). The largest absolute Gasteiger partial charge is 0.469 e. The normalized spacial score (nSPS) is 15.2. The monoisotopic (exact) mass is 365 g/mol. The summed E-state index contributed by atoms with van der Waals surface area (Å²) in [5.74, 6) is -1.28. The smallest absolute Gasteiger partial charge is 0.331 e. The Morgan fingerprint density at radius 2 is 2.00 bits per heavy atom. The topological polar surface area (TPSA) is 72.9 Å². The van der Waals surface area contributed by atoms with E-state index in [-0.39, 0.29) is 24.4 Å². The van der Waals surface area contributed by atoms with E-state index < -0.39 is 5.97 Å². The summed E-state index contributed by atoms with van der Waals surface area (Å²) in [6.07, 6.45) is 3.94. The van der Waals surface area contributed by atoms with Gasteiger partial charge in [0.15, 0.2) is 6.61 Å². The fraction of sp³-hybridized carbons (Fsp3) is 0.389. The number of halogens is 1. The van der Waals surface area contributed by atoms with Crippen molar-refractivity contribution >= 4 is 35.5 Å². The van der Waals surface area contributed by atoms with Crippen molar-refractivity contribution in [3.05, 3.63) is 40.9 Å². The van der Waals surface area contributed by atoms with Crippen LogP contribution < -0.4 is 0 Å². The highest BCUT2D eigenvalue weighted by atomic mass is 35.5. The van der Waals surface area contributed by atoms with Crippen LogP contribution in [0.5, 0.6) is 0 Å². The van der Waals surface area contributed by atoms with Gasteiger partial charge in [0, 0.05) is 24.2 Å². The van der Waals surface area contributed by atoms with Gasteiger partial charge in [0.1, 0.15) is 0 Å². The molecule has 1 amide bonds. The summed E-state index contributed by atoms with van der Waals surface area (Å²) in [5, 5.41) is 0.570. The summed E-state index contributed by atoms with van der Waals surface area (Å²) in [6, 6.07) is 7.02. The van der Waals surface area contributed by atoms with Gasteiger partial charge in [0.2, 0.25) is 0 Å². The van der Waals surface area contributed by atoms with E-state index in [1.165, 1.54) is 13.2 Å². The number of hydrogen-bond donors (Lipinski definition) is 0. The molecule has 1 fully saturated rings. The average molecular weight is 366 g/mol.